The van der Waals surface area contributed by atoms with Gasteiger partial charge in [-0.3, -0.25) is 4.79 Å². The zero-order valence-corrected chi connectivity index (χ0v) is 12.2. The van der Waals surface area contributed by atoms with Gasteiger partial charge in [0.2, 0.25) is 5.82 Å². The maximum Gasteiger partial charge on any atom is 0.257 e. The summed E-state index contributed by atoms with van der Waals surface area (Å²) in [5.41, 5.74) is -1.45. The van der Waals surface area contributed by atoms with Crippen LogP contribution in [0.3, 0.4) is 0 Å². The molecule has 0 radical (unpaired) electrons. The van der Waals surface area contributed by atoms with E-state index in [1.165, 1.54) is 0 Å². The first-order valence-electron chi connectivity index (χ1n) is 6.28. The van der Waals surface area contributed by atoms with E-state index >= 15 is 0 Å². The molecule has 0 bridgehead atoms. The Morgan fingerprint density at radius 2 is 1.52 bits per heavy atom. The van der Waals surface area contributed by atoms with Crippen molar-refractivity contribution in [3.63, 3.8) is 0 Å². The summed E-state index contributed by atoms with van der Waals surface area (Å²) in [6.07, 6.45) is 2.66. The van der Waals surface area contributed by atoms with Crippen LogP contribution in [0.2, 0.25) is 0 Å². The van der Waals surface area contributed by atoms with Crippen molar-refractivity contribution in [1.29, 1.82) is 0 Å². The van der Waals surface area contributed by atoms with E-state index in [0.29, 0.717) is 0 Å². The second-order valence-corrected chi connectivity index (χ2v) is 6.04. The Morgan fingerprint density at radius 3 is 2.00 bits per heavy atom. The quantitative estimate of drug-likeness (QED) is 0.373. The number of hydrogen-bond donors (Lipinski definition) is 1. The van der Waals surface area contributed by atoms with Crippen LogP contribution in [0.5, 0.6) is 0 Å². The van der Waals surface area contributed by atoms with Gasteiger partial charge >= 0.3 is 0 Å². The standard InChI is InChI=1S/C13H11BrF5NO/c14-6-3-1-2-5(6)4-20-13(21)7-8(15)10(17)12(19)11(18)9(7)16/h5-6H,1-4H2,(H,20,21). The van der Waals surface area contributed by atoms with Gasteiger partial charge in [0.1, 0.15) is 5.56 Å². The van der Waals surface area contributed by atoms with Crippen LogP contribution >= 0.6 is 15.9 Å². The molecular formula is C13H11BrF5NO. The van der Waals surface area contributed by atoms with Crippen molar-refractivity contribution in [1.82, 2.24) is 5.32 Å². The number of amides is 1. The third kappa shape index (κ3) is 3.04. The number of alkyl halides is 1. The van der Waals surface area contributed by atoms with Crippen molar-refractivity contribution in [3.05, 3.63) is 34.6 Å². The van der Waals surface area contributed by atoms with E-state index in [-0.39, 0.29) is 17.3 Å². The van der Waals surface area contributed by atoms with Crippen LogP contribution in [0.25, 0.3) is 0 Å². The molecule has 2 unspecified atom stereocenters. The summed E-state index contributed by atoms with van der Waals surface area (Å²) in [5, 5.41) is 2.22. The molecule has 2 rings (SSSR count). The number of hydrogen-bond acceptors (Lipinski definition) is 1. The van der Waals surface area contributed by atoms with Gasteiger partial charge in [-0.2, -0.15) is 0 Å². The molecule has 8 heteroatoms. The van der Waals surface area contributed by atoms with Crippen LogP contribution in [0, 0.1) is 35.0 Å². The van der Waals surface area contributed by atoms with Crippen LogP contribution in [-0.2, 0) is 0 Å². The Labute approximate surface area is 125 Å². The molecule has 0 heterocycles. The van der Waals surface area contributed by atoms with Gasteiger partial charge in [-0.05, 0) is 18.8 Å². The summed E-state index contributed by atoms with van der Waals surface area (Å²) < 4.78 is 65.8. The maximum atomic E-state index is 13.4. The molecule has 1 aliphatic rings. The van der Waals surface area contributed by atoms with Gasteiger partial charge in [-0.1, -0.05) is 22.4 Å². The van der Waals surface area contributed by atoms with Crippen LogP contribution in [0.4, 0.5) is 22.0 Å². The van der Waals surface area contributed by atoms with Crippen molar-refractivity contribution in [2.45, 2.75) is 24.1 Å². The smallest absolute Gasteiger partial charge is 0.257 e. The largest absolute Gasteiger partial charge is 0.352 e. The number of carbonyl (C=O) groups is 1. The summed E-state index contributed by atoms with van der Waals surface area (Å²) in [6, 6.07) is 0. The molecule has 1 fully saturated rings. The van der Waals surface area contributed by atoms with Crippen LogP contribution in [0.15, 0.2) is 0 Å². The first kappa shape index (κ1) is 16.2. The van der Waals surface area contributed by atoms with Gasteiger partial charge < -0.3 is 5.32 Å². The van der Waals surface area contributed by atoms with Crippen LogP contribution in [0.1, 0.15) is 29.6 Å². The monoisotopic (exact) mass is 371 g/mol. The zero-order valence-electron chi connectivity index (χ0n) is 10.7. The van der Waals surface area contributed by atoms with E-state index in [1.54, 1.807) is 0 Å². The lowest BCUT2D eigenvalue weighted by Crippen LogP contribution is -2.32. The fourth-order valence-electron chi connectivity index (χ4n) is 2.34. The van der Waals surface area contributed by atoms with Crippen LogP contribution < -0.4 is 5.32 Å². The first-order chi connectivity index (χ1) is 9.84. The van der Waals surface area contributed by atoms with Crippen molar-refractivity contribution in [3.8, 4) is 0 Å². The SMILES string of the molecule is O=C(NCC1CCCC1Br)c1c(F)c(F)c(F)c(F)c1F. The Balaban J connectivity index is 2.19. The fourth-order valence-corrected chi connectivity index (χ4v) is 3.11. The molecule has 1 amide bonds. The third-order valence-electron chi connectivity index (χ3n) is 3.53. The molecule has 2 nitrogen and oxygen atoms in total. The second-order valence-electron chi connectivity index (χ2n) is 4.86. The third-order valence-corrected chi connectivity index (χ3v) is 4.73. The summed E-state index contributed by atoms with van der Waals surface area (Å²) >= 11 is 3.40. The molecule has 0 spiro atoms. The molecule has 116 valence electrons. The van der Waals surface area contributed by atoms with E-state index in [2.05, 4.69) is 21.2 Å². The minimum atomic E-state index is -2.28. The molecular weight excluding hydrogens is 361 g/mol. The van der Waals surface area contributed by atoms with Gasteiger partial charge in [-0.25, -0.2) is 22.0 Å². The van der Waals surface area contributed by atoms with Gasteiger partial charge in [0.25, 0.3) is 5.91 Å². The van der Waals surface area contributed by atoms with Crippen LogP contribution in [-0.4, -0.2) is 17.3 Å². The summed E-state index contributed by atoms with van der Waals surface area (Å²) in [4.78, 5) is 11.9. The maximum absolute atomic E-state index is 13.4. The van der Waals surface area contributed by atoms with Gasteiger partial charge in [0, 0.05) is 11.4 Å². The Morgan fingerprint density at radius 1 is 1.00 bits per heavy atom. The minimum Gasteiger partial charge on any atom is -0.352 e. The number of benzene rings is 1. The Kier molecular flexibility index (Phi) is 4.85. The first-order valence-corrected chi connectivity index (χ1v) is 7.19. The predicted octanol–water partition coefficient (Wildman–Crippen LogP) is 3.68. The van der Waals surface area contributed by atoms with Gasteiger partial charge in [0.05, 0.1) is 0 Å². The number of carbonyl (C=O) groups excluding carboxylic acids is 1. The average Bonchev–Trinajstić information content (AvgIpc) is 2.86. The molecule has 21 heavy (non-hydrogen) atoms. The highest BCUT2D eigenvalue weighted by Gasteiger charge is 2.31. The number of rotatable bonds is 3. The van der Waals surface area contributed by atoms with Crippen molar-refractivity contribution < 1.29 is 26.7 Å². The van der Waals surface area contributed by atoms with Gasteiger partial charge in [-0.15, -0.1) is 0 Å². The molecule has 0 saturated heterocycles. The highest BCUT2D eigenvalue weighted by molar-refractivity contribution is 9.09. The molecule has 1 aromatic carbocycles. The highest BCUT2D eigenvalue weighted by Crippen LogP contribution is 2.31. The molecule has 1 aliphatic carbocycles. The lowest BCUT2D eigenvalue weighted by atomic mass is 10.1. The zero-order chi connectivity index (χ0) is 15.7. The lowest BCUT2D eigenvalue weighted by molar-refractivity contribution is 0.0936. The summed E-state index contributed by atoms with van der Waals surface area (Å²) in [7, 11) is 0. The molecule has 0 aliphatic heterocycles. The van der Waals surface area contributed by atoms with E-state index in [1.807, 2.05) is 0 Å². The predicted molar refractivity (Wildman–Crippen MR) is 68.6 cm³/mol. The number of nitrogens with one attached hydrogen (secondary N) is 1. The normalized spacial score (nSPS) is 21.6. The topological polar surface area (TPSA) is 29.1 Å². The molecule has 1 aromatic rings. The lowest BCUT2D eigenvalue weighted by Gasteiger charge is -2.15. The second kappa shape index (κ2) is 6.29. The van der Waals surface area contributed by atoms with E-state index in [0.717, 1.165) is 19.3 Å². The van der Waals surface area contributed by atoms with Crippen molar-refractivity contribution in [2.24, 2.45) is 5.92 Å². The average molecular weight is 372 g/mol. The fraction of sp³-hybridized carbons (Fsp3) is 0.462. The van der Waals surface area contributed by atoms with Gasteiger partial charge in [0.15, 0.2) is 23.3 Å². The van der Waals surface area contributed by atoms with E-state index in [9.17, 15) is 26.7 Å². The highest BCUT2D eigenvalue weighted by atomic mass is 79.9. The molecule has 0 aromatic heterocycles. The van der Waals surface area contributed by atoms with E-state index in [4.69, 9.17) is 0 Å². The molecule has 2 atom stereocenters. The van der Waals surface area contributed by atoms with Crippen molar-refractivity contribution in [2.75, 3.05) is 6.54 Å². The Bertz CT molecular complexity index is 551. The molecule has 1 saturated carbocycles. The van der Waals surface area contributed by atoms with E-state index < -0.39 is 40.6 Å². The summed E-state index contributed by atoms with van der Waals surface area (Å²) in [5.74, 6) is -12.0. The molecule has 1 N–H and O–H groups in total. The number of halogens is 6. The summed E-state index contributed by atoms with van der Waals surface area (Å²) in [6.45, 7) is 0.105. The Hall–Kier alpha value is -1.18. The minimum absolute atomic E-state index is 0.0650. The van der Waals surface area contributed by atoms with Crippen molar-refractivity contribution >= 4 is 21.8 Å².